The lowest BCUT2D eigenvalue weighted by Gasteiger charge is -2.12. The molecule has 1 amide bonds. The molecule has 4 nitrogen and oxygen atoms in total. The maximum Gasteiger partial charge on any atom is 0.222 e. The number of hydrogen-bond acceptors (Lipinski definition) is 3. The molecule has 0 aromatic heterocycles. The number of hydrogen-bond donors (Lipinski definition) is 2. The number of nitrogens with one attached hydrogen (secondary N) is 1. The van der Waals surface area contributed by atoms with Crippen LogP contribution in [0, 0.1) is 5.92 Å². The Labute approximate surface area is 90.1 Å². The summed E-state index contributed by atoms with van der Waals surface area (Å²) in [6.07, 6.45) is 7.74. The minimum absolute atomic E-state index is 0.0186. The Hall–Kier alpha value is -1.13. The fourth-order valence-electron chi connectivity index (χ4n) is 1.47. The van der Waals surface area contributed by atoms with Crippen LogP contribution in [0.2, 0.25) is 0 Å². The zero-order valence-corrected chi connectivity index (χ0v) is 9.03. The van der Waals surface area contributed by atoms with Crippen LogP contribution in [0.15, 0.2) is 23.8 Å². The van der Waals surface area contributed by atoms with Crippen LogP contribution in [0.5, 0.6) is 0 Å². The zero-order chi connectivity index (χ0) is 11.1. The summed E-state index contributed by atoms with van der Waals surface area (Å²) in [5, 5.41) is 2.84. The van der Waals surface area contributed by atoms with E-state index in [1.165, 1.54) is 5.57 Å². The Bertz CT molecular complexity index is 272. The molecule has 1 unspecified atom stereocenters. The lowest BCUT2D eigenvalue weighted by atomic mass is 10.0. The molecule has 3 N–H and O–H groups in total. The molecule has 0 fully saturated rings. The molecule has 0 heterocycles. The van der Waals surface area contributed by atoms with Crippen molar-refractivity contribution < 1.29 is 9.63 Å². The second-order valence-electron chi connectivity index (χ2n) is 3.67. The zero-order valence-electron chi connectivity index (χ0n) is 9.03. The molecule has 0 bridgehead atoms. The fraction of sp³-hybridized carbons (Fsp3) is 0.545. The van der Waals surface area contributed by atoms with Gasteiger partial charge in [0.2, 0.25) is 5.91 Å². The largest absolute Gasteiger partial charge is 0.355 e. The van der Waals surface area contributed by atoms with Gasteiger partial charge in [-0.1, -0.05) is 25.2 Å². The summed E-state index contributed by atoms with van der Waals surface area (Å²) in [6, 6.07) is 0. The van der Waals surface area contributed by atoms with Gasteiger partial charge in [0.1, 0.15) is 0 Å². The van der Waals surface area contributed by atoms with Crippen molar-refractivity contribution in [3.63, 3.8) is 0 Å². The van der Waals surface area contributed by atoms with E-state index in [0.29, 0.717) is 18.9 Å². The van der Waals surface area contributed by atoms with E-state index < -0.39 is 0 Å². The first-order valence-corrected chi connectivity index (χ1v) is 5.19. The monoisotopic (exact) mass is 210 g/mol. The van der Waals surface area contributed by atoms with Gasteiger partial charge in [-0.2, -0.15) is 0 Å². The second-order valence-corrected chi connectivity index (χ2v) is 3.67. The van der Waals surface area contributed by atoms with Gasteiger partial charge in [-0.3, -0.25) is 4.79 Å². The third kappa shape index (κ3) is 4.27. The van der Waals surface area contributed by atoms with Crippen LogP contribution < -0.4 is 11.2 Å². The second kappa shape index (κ2) is 6.37. The molecule has 1 atom stereocenters. The lowest BCUT2D eigenvalue weighted by molar-refractivity contribution is -0.122. The Morgan fingerprint density at radius 3 is 3.13 bits per heavy atom. The Kier molecular flexibility index (Phi) is 5.07. The average Bonchev–Trinajstić information content (AvgIpc) is 2.76. The first-order valence-electron chi connectivity index (χ1n) is 5.19. The first-order chi connectivity index (χ1) is 7.24. The quantitative estimate of drug-likeness (QED) is 0.640. The van der Waals surface area contributed by atoms with E-state index in [1.807, 2.05) is 0 Å². The summed E-state index contributed by atoms with van der Waals surface area (Å²) >= 11 is 0. The van der Waals surface area contributed by atoms with Gasteiger partial charge in [-0.25, -0.2) is 5.90 Å². The van der Waals surface area contributed by atoms with E-state index in [4.69, 9.17) is 5.90 Å². The molecular formula is C11H18N2O2. The molecule has 0 saturated heterocycles. The van der Waals surface area contributed by atoms with Gasteiger partial charge in [0.15, 0.2) is 0 Å². The number of rotatable bonds is 6. The summed E-state index contributed by atoms with van der Waals surface area (Å²) in [7, 11) is 0. The lowest BCUT2D eigenvalue weighted by Crippen LogP contribution is -2.29. The van der Waals surface area contributed by atoms with Crippen LogP contribution in [-0.2, 0) is 9.63 Å². The van der Waals surface area contributed by atoms with Gasteiger partial charge >= 0.3 is 0 Å². The molecule has 0 spiro atoms. The highest BCUT2D eigenvalue weighted by Gasteiger charge is 2.09. The van der Waals surface area contributed by atoms with E-state index >= 15 is 0 Å². The van der Waals surface area contributed by atoms with Crippen LogP contribution in [0.25, 0.3) is 0 Å². The average molecular weight is 210 g/mol. The Morgan fingerprint density at radius 2 is 2.53 bits per heavy atom. The van der Waals surface area contributed by atoms with Crippen molar-refractivity contribution in [3.8, 4) is 0 Å². The van der Waals surface area contributed by atoms with Crippen molar-refractivity contribution in [2.45, 2.75) is 19.8 Å². The Balaban J connectivity index is 2.18. The summed E-state index contributed by atoms with van der Waals surface area (Å²) in [4.78, 5) is 15.6. The smallest absolute Gasteiger partial charge is 0.222 e. The standard InChI is InChI=1S/C11H18N2O2/c1-9(10-4-2-3-5-10)8-13-11(14)6-7-15-12/h2,4-5,9H,3,6-8,12H2,1H3,(H,13,14). The number of carbonyl (C=O) groups is 1. The SMILES string of the molecule is CC(CNC(=O)CCON)C1=CCC=C1. The van der Waals surface area contributed by atoms with Crippen molar-refractivity contribution in [1.82, 2.24) is 5.32 Å². The molecule has 84 valence electrons. The van der Waals surface area contributed by atoms with Crippen molar-refractivity contribution in [2.75, 3.05) is 13.2 Å². The first kappa shape index (κ1) is 11.9. The van der Waals surface area contributed by atoms with Gasteiger partial charge < -0.3 is 10.2 Å². The number of nitrogens with two attached hydrogens (primary N) is 1. The summed E-state index contributed by atoms with van der Waals surface area (Å²) in [5.74, 6) is 5.18. The van der Waals surface area contributed by atoms with Crippen LogP contribution in [0.4, 0.5) is 0 Å². The van der Waals surface area contributed by atoms with Crippen molar-refractivity contribution in [1.29, 1.82) is 0 Å². The molecule has 15 heavy (non-hydrogen) atoms. The molecule has 0 radical (unpaired) electrons. The highest BCUT2D eigenvalue weighted by atomic mass is 16.6. The molecule has 1 rings (SSSR count). The summed E-state index contributed by atoms with van der Waals surface area (Å²) in [5.41, 5.74) is 1.30. The van der Waals surface area contributed by atoms with Crippen LogP contribution in [-0.4, -0.2) is 19.1 Å². The van der Waals surface area contributed by atoms with Gasteiger partial charge in [0.05, 0.1) is 13.0 Å². The van der Waals surface area contributed by atoms with E-state index in [0.717, 1.165) is 6.42 Å². The van der Waals surface area contributed by atoms with E-state index in [9.17, 15) is 4.79 Å². The minimum atomic E-state index is -0.0186. The normalized spacial score (nSPS) is 16.3. The highest BCUT2D eigenvalue weighted by molar-refractivity contribution is 5.75. The molecule has 4 heteroatoms. The Morgan fingerprint density at radius 1 is 1.73 bits per heavy atom. The van der Waals surface area contributed by atoms with Gasteiger partial charge in [-0.15, -0.1) is 0 Å². The molecule has 1 aliphatic rings. The van der Waals surface area contributed by atoms with Crippen molar-refractivity contribution in [3.05, 3.63) is 23.8 Å². The summed E-state index contributed by atoms with van der Waals surface area (Å²) in [6.45, 7) is 3.03. The molecule has 0 aromatic rings. The van der Waals surface area contributed by atoms with Crippen LogP contribution in [0.3, 0.4) is 0 Å². The predicted molar refractivity (Wildman–Crippen MR) is 58.8 cm³/mol. The topological polar surface area (TPSA) is 64.3 Å². The van der Waals surface area contributed by atoms with Gasteiger partial charge in [0, 0.05) is 6.54 Å². The predicted octanol–water partition coefficient (Wildman–Crippen LogP) is 0.905. The summed E-state index contributed by atoms with van der Waals surface area (Å²) < 4.78 is 0. The van der Waals surface area contributed by atoms with E-state index in [2.05, 4.69) is 35.3 Å². The van der Waals surface area contributed by atoms with Gasteiger partial charge in [0.25, 0.3) is 0 Å². The number of carbonyl (C=O) groups excluding carboxylic acids is 1. The van der Waals surface area contributed by atoms with Crippen LogP contribution >= 0.6 is 0 Å². The van der Waals surface area contributed by atoms with E-state index in [1.54, 1.807) is 0 Å². The molecule has 0 saturated carbocycles. The van der Waals surface area contributed by atoms with Crippen LogP contribution in [0.1, 0.15) is 19.8 Å². The minimum Gasteiger partial charge on any atom is -0.355 e. The number of allylic oxidation sites excluding steroid dienone is 3. The van der Waals surface area contributed by atoms with E-state index in [-0.39, 0.29) is 12.5 Å². The van der Waals surface area contributed by atoms with Crippen molar-refractivity contribution in [2.24, 2.45) is 11.8 Å². The third-order valence-corrected chi connectivity index (χ3v) is 2.42. The molecule has 0 aliphatic heterocycles. The maximum absolute atomic E-state index is 11.2. The highest BCUT2D eigenvalue weighted by Crippen LogP contribution is 2.17. The fourth-order valence-corrected chi connectivity index (χ4v) is 1.47. The maximum atomic E-state index is 11.2. The van der Waals surface area contributed by atoms with Gasteiger partial charge in [-0.05, 0) is 17.9 Å². The molecule has 0 aromatic carbocycles. The third-order valence-electron chi connectivity index (χ3n) is 2.42. The molecule has 1 aliphatic carbocycles. The molecular weight excluding hydrogens is 192 g/mol. The van der Waals surface area contributed by atoms with Crippen molar-refractivity contribution >= 4 is 5.91 Å². The number of amides is 1.